The number of carbonyl (C=O) groups is 2. The van der Waals surface area contributed by atoms with Crippen LogP contribution in [0.5, 0.6) is 0 Å². The molecule has 92 valence electrons. The van der Waals surface area contributed by atoms with Crippen LogP contribution in [0, 0.1) is 5.41 Å². The molecular formula is C11H15N3O3. The number of pyridine rings is 1. The number of aliphatic carboxylic acids is 1. The number of carboxylic acid groups (broad SMARTS) is 1. The summed E-state index contributed by atoms with van der Waals surface area (Å²) in [6.07, 6.45) is 3.10. The summed E-state index contributed by atoms with van der Waals surface area (Å²) in [5.74, 6) is -0.959. The van der Waals surface area contributed by atoms with E-state index in [-0.39, 0.29) is 6.54 Å². The number of urea groups is 1. The molecule has 0 bridgehead atoms. The number of carbonyl (C=O) groups excluding carboxylic acids is 1. The molecule has 0 aliphatic heterocycles. The van der Waals surface area contributed by atoms with Crippen LogP contribution in [-0.2, 0) is 4.79 Å². The zero-order chi connectivity index (χ0) is 12.9. The van der Waals surface area contributed by atoms with Gasteiger partial charge in [-0.05, 0) is 26.0 Å². The van der Waals surface area contributed by atoms with Crippen LogP contribution in [0.2, 0.25) is 0 Å². The van der Waals surface area contributed by atoms with Gasteiger partial charge in [0.25, 0.3) is 0 Å². The van der Waals surface area contributed by atoms with Crippen molar-refractivity contribution in [1.29, 1.82) is 0 Å². The van der Waals surface area contributed by atoms with Crippen molar-refractivity contribution in [3.8, 4) is 0 Å². The summed E-state index contributed by atoms with van der Waals surface area (Å²) in [5, 5.41) is 13.9. The van der Waals surface area contributed by atoms with Crippen LogP contribution < -0.4 is 10.6 Å². The Balaban J connectivity index is 2.44. The van der Waals surface area contributed by atoms with Crippen molar-refractivity contribution in [1.82, 2.24) is 10.3 Å². The number of anilines is 1. The second kappa shape index (κ2) is 5.29. The van der Waals surface area contributed by atoms with Gasteiger partial charge in [-0.1, -0.05) is 0 Å². The van der Waals surface area contributed by atoms with Gasteiger partial charge in [0.15, 0.2) is 0 Å². The van der Waals surface area contributed by atoms with Gasteiger partial charge in [0.1, 0.15) is 0 Å². The Bertz CT molecular complexity index is 404. The van der Waals surface area contributed by atoms with Crippen molar-refractivity contribution in [3.63, 3.8) is 0 Å². The fourth-order valence-electron chi connectivity index (χ4n) is 0.989. The zero-order valence-electron chi connectivity index (χ0n) is 9.73. The molecule has 1 heterocycles. The van der Waals surface area contributed by atoms with E-state index in [1.807, 2.05) is 0 Å². The molecule has 0 fully saturated rings. The van der Waals surface area contributed by atoms with Crippen molar-refractivity contribution in [2.45, 2.75) is 13.8 Å². The van der Waals surface area contributed by atoms with Gasteiger partial charge in [-0.15, -0.1) is 0 Å². The molecule has 0 radical (unpaired) electrons. The number of amides is 2. The average Bonchev–Trinajstić information content (AvgIpc) is 2.28. The molecule has 0 saturated carbocycles. The lowest BCUT2D eigenvalue weighted by Crippen LogP contribution is -2.40. The highest BCUT2D eigenvalue weighted by Gasteiger charge is 2.27. The Kier molecular flexibility index (Phi) is 4.03. The third kappa shape index (κ3) is 4.10. The van der Waals surface area contributed by atoms with E-state index in [1.54, 1.807) is 32.2 Å². The molecule has 1 aromatic heterocycles. The first kappa shape index (κ1) is 13.0. The molecule has 0 aromatic carbocycles. The first-order valence-electron chi connectivity index (χ1n) is 5.10. The fraction of sp³-hybridized carbons (Fsp3) is 0.364. The lowest BCUT2D eigenvalue weighted by atomic mass is 9.94. The number of nitrogens with one attached hydrogen (secondary N) is 2. The normalized spacial score (nSPS) is 10.7. The van der Waals surface area contributed by atoms with Gasteiger partial charge in [0.2, 0.25) is 0 Å². The predicted octanol–water partition coefficient (Wildman–Crippen LogP) is 1.31. The van der Waals surface area contributed by atoms with Crippen LogP contribution in [0.1, 0.15) is 13.8 Å². The quantitative estimate of drug-likeness (QED) is 0.736. The Morgan fingerprint density at radius 3 is 2.71 bits per heavy atom. The number of hydrogen-bond acceptors (Lipinski definition) is 3. The third-order valence-electron chi connectivity index (χ3n) is 2.19. The Morgan fingerprint density at radius 2 is 2.18 bits per heavy atom. The van der Waals surface area contributed by atoms with E-state index in [0.29, 0.717) is 5.69 Å². The Hall–Kier alpha value is -2.11. The predicted molar refractivity (Wildman–Crippen MR) is 62.7 cm³/mol. The lowest BCUT2D eigenvalue weighted by Gasteiger charge is -2.19. The van der Waals surface area contributed by atoms with Gasteiger partial charge in [0, 0.05) is 12.7 Å². The van der Waals surface area contributed by atoms with Gasteiger partial charge >= 0.3 is 12.0 Å². The standard InChI is InChI=1S/C11H15N3O3/c1-11(2,9(15)16)7-13-10(17)14-8-4-3-5-12-6-8/h3-6H,7H2,1-2H3,(H,15,16)(H2,13,14,17). The van der Waals surface area contributed by atoms with Crippen LogP contribution in [0.25, 0.3) is 0 Å². The average molecular weight is 237 g/mol. The highest BCUT2D eigenvalue weighted by Crippen LogP contribution is 2.13. The minimum Gasteiger partial charge on any atom is -0.481 e. The number of rotatable bonds is 4. The molecule has 0 atom stereocenters. The van der Waals surface area contributed by atoms with Crippen LogP contribution in [0.3, 0.4) is 0 Å². The molecule has 6 nitrogen and oxygen atoms in total. The Morgan fingerprint density at radius 1 is 1.47 bits per heavy atom. The summed E-state index contributed by atoms with van der Waals surface area (Å²) in [6, 6.07) is 2.93. The molecule has 1 aromatic rings. The van der Waals surface area contributed by atoms with Crippen molar-refractivity contribution >= 4 is 17.7 Å². The molecule has 3 N–H and O–H groups in total. The maximum Gasteiger partial charge on any atom is 0.319 e. The molecule has 0 saturated heterocycles. The maximum atomic E-state index is 11.4. The van der Waals surface area contributed by atoms with Gasteiger partial charge in [0.05, 0.1) is 17.3 Å². The van der Waals surface area contributed by atoms with E-state index in [1.165, 1.54) is 6.20 Å². The van der Waals surface area contributed by atoms with E-state index in [4.69, 9.17) is 5.11 Å². The molecular weight excluding hydrogens is 222 g/mol. The highest BCUT2D eigenvalue weighted by atomic mass is 16.4. The summed E-state index contributed by atoms with van der Waals surface area (Å²) in [6.45, 7) is 3.13. The van der Waals surface area contributed by atoms with Crippen LogP contribution in [0.15, 0.2) is 24.5 Å². The Labute approximate surface area is 99.1 Å². The van der Waals surface area contributed by atoms with Crippen LogP contribution in [-0.4, -0.2) is 28.6 Å². The van der Waals surface area contributed by atoms with Crippen molar-refractivity contribution < 1.29 is 14.7 Å². The summed E-state index contributed by atoms with van der Waals surface area (Å²) in [5.41, 5.74) is -0.440. The highest BCUT2D eigenvalue weighted by molar-refractivity contribution is 5.89. The summed E-state index contributed by atoms with van der Waals surface area (Å²) < 4.78 is 0. The number of hydrogen-bond donors (Lipinski definition) is 3. The van der Waals surface area contributed by atoms with E-state index in [9.17, 15) is 9.59 Å². The molecule has 1 rings (SSSR count). The molecule has 6 heteroatoms. The van der Waals surface area contributed by atoms with Gasteiger partial charge in [-0.3, -0.25) is 9.78 Å². The SMILES string of the molecule is CC(C)(CNC(=O)Nc1cccnc1)C(=O)O. The first-order valence-corrected chi connectivity index (χ1v) is 5.10. The molecule has 2 amide bonds. The second-order valence-electron chi connectivity index (χ2n) is 4.24. The van der Waals surface area contributed by atoms with Crippen LogP contribution in [0.4, 0.5) is 10.5 Å². The number of nitrogens with zero attached hydrogens (tertiary/aromatic N) is 1. The zero-order valence-corrected chi connectivity index (χ0v) is 9.73. The van der Waals surface area contributed by atoms with Crippen molar-refractivity contribution in [2.24, 2.45) is 5.41 Å². The molecule has 0 unspecified atom stereocenters. The van der Waals surface area contributed by atoms with E-state index < -0.39 is 17.4 Å². The summed E-state index contributed by atoms with van der Waals surface area (Å²) >= 11 is 0. The smallest absolute Gasteiger partial charge is 0.319 e. The first-order chi connectivity index (χ1) is 7.92. The molecule has 0 spiro atoms. The van der Waals surface area contributed by atoms with Crippen molar-refractivity contribution in [2.75, 3.05) is 11.9 Å². The van der Waals surface area contributed by atoms with E-state index in [2.05, 4.69) is 15.6 Å². The van der Waals surface area contributed by atoms with Gasteiger partial charge < -0.3 is 15.7 Å². The third-order valence-corrected chi connectivity index (χ3v) is 2.19. The summed E-state index contributed by atoms with van der Waals surface area (Å²) in [7, 11) is 0. The summed E-state index contributed by atoms with van der Waals surface area (Å²) in [4.78, 5) is 26.1. The lowest BCUT2D eigenvalue weighted by molar-refractivity contribution is -0.146. The van der Waals surface area contributed by atoms with Gasteiger partial charge in [-0.2, -0.15) is 0 Å². The molecule has 0 aliphatic rings. The molecule has 0 aliphatic carbocycles. The minimum absolute atomic E-state index is 0.0500. The van der Waals surface area contributed by atoms with Crippen LogP contribution >= 0.6 is 0 Å². The number of carboxylic acids is 1. The van der Waals surface area contributed by atoms with Crippen molar-refractivity contribution in [3.05, 3.63) is 24.5 Å². The maximum absolute atomic E-state index is 11.4. The monoisotopic (exact) mass is 237 g/mol. The molecule has 17 heavy (non-hydrogen) atoms. The topological polar surface area (TPSA) is 91.3 Å². The minimum atomic E-state index is -0.994. The van der Waals surface area contributed by atoms with E-state index >= 15 is 0 Å². The largest absolute Gasteiger partial charge is 0.481 e. The van der Waals surface area contributed by atoms with E-state index in [0.717, 1.165) is 0 Å². The fourth-order valence-corrected chi connectivity index (χ4v) is 0.989. The van der Waals surface area contributed by atoms with Gasteiger partial charge in [-0.25, -0.2) is 4.79 Å². The number of aromatic nitrogens is 1. The second-order valence-corrected chi connectivity index (χ2v) is 4.24.